The first-order valence-electron chi connectivity index (χ1n) is 8.25. The Kier molecular flexibility index (Phi) is 4.99. The molecule has 1 atom stereocenters. The second kappa shape index (κ2) is 7.35. The Bertz CT molecular complexity index is 581. The first kappa shape index (κ1) is 15.0. The first-order valence-corrected chi connectivity index (χ1v) is 8.25. The second-order valence-electron chi connectivity index (χ2n) is 5.88. The smallest absolute Gasteiger partial charge is 0.121 e. The van der Waals surface area contributed by atoms with Gasteiger partial charge >= 0.3 is 0 Å². The van der Waals surface area contributed by atoms with Crippen molar-refractivity contribution in [2.24, 2.45) is 0 Å². The van der Waals surface area contributed by atoms with Gasteiger partial charge in [-0.25, -0.2) is 0 Å². The Morgan fingerprint density at radius 3 is 2.77 bits per heavy atom. The summed E-state index contributed by atoms with van der Waals surface area (Å²) in [5, 5.41) is 0. The fourth-order valence-electron chi connectivity index (χ4n) is 3.10. The quantitative estimate of drug-likeness (QED) is 0.726. The number of nitrogens with zero attached hydrogens (tertiary/aromatic N) is 1. The maximum Gasteiger partial charge on any atom is 0.121 e. The third kappa shape index (κ3) is 3.62. The fraction of sp³-hybridized carbons (Fsp3) is 0.350. The van der Waals surface area contributed by atoms with Crippen molar-refractivity contribution in [1.82, 2.24) is 0 Å². The summed E-state index contributed by atoms with van der Waals surface area (Å²) in [5.74, 6) is 0.942. The molecule has 22 heavy (non-hydrogen) atoms. The van der Waals surface area contributed by atoms with Gasteiger partial charge in [0.25, 0.3) is 0 Å². The summed E-state index contributed by atoms with van der Waals surface area (Å²) in [7, 11) is 0. The van der Waals surface area contributed by atoms with Crippen LogP contribution in [0.15, 0.2) is 54.6 Å². The van der Waals surface area contributed by atoms with Crippen LogP contribution >= 0.6 is 0 Å². The number of hydrogen-bond donors (Lipinski definition) is 0. The molecule has 2 nitrogen and oxygen atoms in total. The van der Waals surface area contributed by atoms with E-state index in [1.165, 1.54) is 36.9 Å². The molecule has 0 aromatic heterocycles. The molecule has 0 unspecified atom stereocenters. The van der Waals surface area contributed by atoms with Crippen LogP contribution in [0, 0.1) is 6.54 Å². The summed E-state index contributed by atoms with van der Waals surface area (Å²) in [4.78, 5) is 2.43. The van der Waals surface area contributed by atoms with Gasteiger partial charge in [-0.1, -0.05) is 49.7 Å². The molecule has 0 amide bonds. The highest BCUT2D eigenvalue weighted by Crippen LogP contribution is 2.32. The lowest BCUT2D eigenvalue weighted by molar-refractivity contribution is 0.306. The molecule has 0 aliphatic carbocycles. The van der Waals surface area contributed by atoms with Gasteiger partial charge < -0.3 is 9.64 Å². The molecule has 115 valence electrons. The molecule has 0 bridgehead atoms. The topological polar surface area (TPSA) is 12.5 Å². The van der Waals surface area contributed by atoms with E-state index in [1.807, 2.05) is 24.3 Å². The molecule has 1 aliphatic heterocycles. The monoisotopic (exact) mass is 294 g/mol. The minimum Gasteiger partial charge on any atom is -0.489 e. The van der Waals surface area contributed by atoms with Crippen molar-refractivity contribution in [2.75, 3.05) is 4.90 Å². The summed E-state index contributed by atoms with van der Waals surface area (Å²) >= 11 is 0. The normalized spacial score (nSPS) is 17.7. The maximum absolute atomic E-state index is 5.95. The zero-order valence-corrected chi connectivity index (χ0v) is 13.2. The average Bonchev–Trinajstić information content (AvgIpc) is 3.03. The summed E-state index contributed by atoms with van der Waals surface area (Å²) in [5.41, 5.74) is 2.45. The van der Waals surface area contributed by atoms with Crippen molar-refractivity contribution >= 4 is 5.69 Å². The zero-order chi connectivity index (χ0) is 15.2. The van der Waals surface area contributed by atoms with E-state index in [0.717, 1.165) is 5.75 Å². The zero-order valence-electron chi connectivity index (χ0n) is 13.2. The van der Waals surface area contributed by atoms with E-state index in [2.05, 4.69) is 48.7 Å². The molecule has 1 fully saturated rings. The Morgan fingerprint density at radius 2 is 1.95 bits per heavy atom. The highest BCUT2D eigenvalue weighted by atomic mass is 16.5. The Balaban J connectivity index is 1.67. The van der Waals surface area contributed by atoms with E-state index < -0.39 is 0 Å². The van der Waals surface area contributed by atoms with Crippen molar-refractivity contribution in [3.05, 3.63) is 66.7 Å². The van der Waals surface area contributed by atoms with Gasteiger partial charge in [-0.05, 0) is 37.0 Å². The SMILES string of the molecule is CCC[C@@H]1CC[CH]N1c1cccc(OCc2ccccc2)c1. The van der Waals surface area contributed by atoms with Crippen LogP contribution in [0.4, 0.5) is 5.69 Å². The Hall–Kier alpha value is -1.96. The molecule has 0 spiro atoms. The summed E-state index contributed by atoms with van der Waals surface area (Å²) in [6.45, 7) is 5.21. The minimum atomic E-state index is 0.617. The predicted octanol–water partition coefficient (Wildman–Crippen LogP) is 5.20. The van der Waals surface area contributed by atoms with E-state index in [1.54, 1.807) is 0 Å². The van der Waals surface area contributed by atoms with Crippen LogP contribution in [0.1, 0.15) is 38.2 Å². The van der Waals surface area contributed by atoms with Crippen LogP contribution in [-0.4, -0.2) is 6.04 Å². The highest BCUT2D eigenvalue weighted by Gasteiger charge is 2.24. The number of anilines is 1. The predicted molar refractivity (Wildman–Crippen MR) is 91.9 cm³/mol. The van der Waals surface area contributed by atoms with Crippen LogP contribution in [0.3, 0.4) is 0 Å². The van der Waals surface area contributed by atoms with Crippen molar-refractivity contribution in [1.29, 1.82) is 0 Å². The average molecular weight is 294 g/mol. The Labute approximate surface area is 133 Å². The molecule has 1 saturated heterocycles. The number of benzene rings is 2. The standard InChI is InChI=1S/C20H24NO/c1-2-8-18-12-7-14-21(18)19-11-6-13-20(15-19)22-16-17-9-4-3-5-10-17/h3-6,9-11,13-15,18H,2,7-8,12,16H2,1H3/t18-/m1/s1. The van der Waals surface area contributed by atoms with Crippen LogP contribution < -0.4 is 9.64 Å². The van der Waals surface area contributed by atoms with Gasteiger partial charge in [0, 0.05) is 24.3 Å². The number of ether oxygens (including phenoxy) is 1. The van der Waals surface area contributed by atoms with Crippen molar-refractivity contribution in [2.45, 2.75) is 45.3 Å². The largest absolute Gasteiger partial charge is 0.489 e. The molecule has 2 aromatic carbocycles. The van der Waals surface area contributed by atoms with Gasteiger partial charge in [0.1, 0.15) is 12.4 Å². The van der Waals surface area contributed by atoms with E-state index in [4.69, 9.17) is 4.74 Å². The van der Waals surface area contributed by atoms with Gasteiger partial charge in [0.05, 0.1) is 0 Å². The summed E-state index contributed by atoms with van der Waals surface area (Å²) < 4.78 is 5.95. The van der Waals surface area contributed by atoms with Crippen LogP contribution in [-0.2, 0) is 6.61 Å². The number of rotatable bonds is 6. The molecular weight excluding hydrogens is 270 g/mol. The van der Waals surface area contributed by atoms with Gasteiger partial charge in [-0.2, -0.15) is 0 Å². The van der Waals surface area contributed by atoms with Gasteiger partial charge in [-0.3, -0.25) is 0 Å². The second-order valence-corrected chi connectivity index (χ2v) is 5.88. The van der Waals surface area contributed by atoms with E-state index in [9.17, 15) is 0 Å². The molecule has 1 radical (unpaired) electrons. The first-order chi connectivity index (χ1) is 10.9. The number of hydrogen-bond acceptors (Lipinski definition) is 2. The van der Waals surface area contributed by atoms with E-state index in [-0.39, 0.29) is 0 Å². The lowest BCUT2D eigenvalue weighted by atomic mass is 10.1. The van der Waals surface area contributed by atoms with Crippen molar-refractivity contribution in [3.63, 3.8) is 0 Å². The van der Waals surface area contributed by atoms with Gasteiger partial charge in [0.2, 0.25) is 0 Å². The summed E-state index contributed by atoms with van der Waals surface area (Å²) in [6.07, 6.45) is 4.94. The molecule has 0 N–H and O–H groups in total. The van der Waals surface area contributed by atoms with Crippen LogP contribution in [0.5, 0.6) is 5.75 Å². The van der Waals surface area contributed by atoms with Crippen molar-refractivity contribution in [3.8, 4) is 5.75 Å². The lowest BCUT2D eigenvalue weighted by Crippen LogP contribution is -2.26. The van der Waals surface area contributed by atoms with E-state index >= 15 is 0 Å². The third-order valence-electron chi connectivity index (χ3n) is 4.21. The van der Waals surface area contributed by atoms with Crippen LogP contribution in [0.2, 0.25) is 0 Å². The van der Waals surface area contributed by atoms with Gasteiger partial charge in [0.15, 0.2) is 0 Å². The molecule has 2 heteroatoms. The van der Waals surface area contributed by atoms with E-state index in [0.29, 0.717) is 12.6 Å². The molecule has 3 rings (SSSR count). The molecule has 0 saturated carbocycles. The van der Waals surface area contributed by atoms with Gasteiger partial charge in [-0.15, -0.1) is 0 Å². The molecular formula is C20H24NO. The Morgan fingerprint density at radius 1 is 1.09 bits per heavy atom. The third-order valence-corrected chi connectivity index (χ3v) is 4.21. The maximum atomic E-state index is 5.95. The molecule has 1 aliphatic rings. The minimum absolute atomic E-state index is 0.617. The lowest BCUT2D eigenvalue weighted by Gasteiger charge is -2.26. The molecule has 2 aromatic rings. The molecule has 1 heterocycles. The summed E-state index contributed by atoms with van der Waals surface area (Å²) in [6, 6.07) is 19.4. The fourth-order valence-corrected chi connectivity index (χ4v) is 3.10. The van der Waals surface area contributed by atoms with Crippen molar-refractivity contribution < 1.29 is 4.74 Å². The highest BCUT2D eigenvalue weighted by molar-refractivity contribution is 5.54. The van der Waals surface area contributed by atoms with Crippen LogP contribution in [0.25, 0.3) is 0 Å².